The van der Waals surface area contributed by atoms with Crippen molar-refractivity contribution in [3.63, 3.8) is 0 Å². The molecule has 1 aromatic carbocycles. The Bertz CT molecular complexity index is 444. The molecule has 4 heteroatoms. The fourth-order valence-corrected chi connectivity index (χ4v) is 2.79. The second-order valence-electron chi connectivity index (χ2n) is 5.71. The molecule has 0 radical (unpaired) electrons. The Morgan fingerprint density at radius 3 is 2.81 bits per heavy atom. The minimum Gasteiger partial charge on any atom is -0.488 e. The number of hydrogen-bond acceptors (Lipinski definition) is 3. The highest BCUT2D eigenvalue weighted by atomic mass is 16.5. The molecule has 1 fully saturated rings. The molecule has 1 aliphatic rings. The van der Waals surface area contributed by atoms with E-state index in [1.807, 2.05) is 19.1 Å². The highest BCUT2D eigenvalue weighted by Gasteiger charge is 2.29. The van der Waals surface area contributed by atoms with E-state index in [0.29, 0.717) is 13.2 Å². The molecule has 1 aliphatic heterocycles. The molecule has 2 rings (SSSR count). The predicted molar refractivity (Wildman–Crippen MR) is 81.6 cm³/mol. The van der Waals surface area contributed by atoms with Crippen LogP contribution in [0.5, 0.6) is 5.75 Å². The van der Waals surface area contributed by atoms with E-state index < -0.39 is 0 Å². The van der Waals surface area contributed by atoms with Crippen LogP contribution in [-0.4, -0.2) is 38.8 Å². The van der Waals surface area contributed by atoms with Crippen LogP contribution in [0.25, 0.3) is 0 Å². The summed E-state index contributed by atoms with van der Waals surface area (Å²) in [4.78, 5) is 13.2. The average molecular weight is 292 g/mol. The summed E-state index contributed by atoms with van der Waals surface area (Å²) >= 11 is 0. The molecule has 0 bridgehead atoms. The summed E-state index contributed by atoms with van der Waals surface area (Å²) in [5, 5.41) is 0. The third-order valence-electron chi connectivity index (χ3n) is 3.98. The van der Waals surface area contributed by atoms with Crippen LogP contribution in [0, 0.1) is 12.8 Å². The zero-order valence-electron chi connectivity index (χ0n) is 13.1. The fraction of sp³-hybridized carbons (Fsp3) is 0.588. The van der Waals surface area contributed by atoms with Crippen LogP contribution in [0.4, 0.5) is 0 Å². The summed E-state index contributed by atoms with van der Waals surface area (Å²) in [5.41, 5.74) is 1.24. The number of ether oxygens (including phenoxy) is 2. The van der Waals surface area contributed by atoms with E-state index in [0.717, 1.165) is 38.2 Å². The molecule has 0 aromatic heterocycles. The Morgan fingerprint density at radius 1 is 1.33 bits per heavy atom. The van der Waals surface area contributed by atoms with Gasteiger partial charge >= 0.3 is 5.97 Å². The van der Waals surface area contributed by atoms with E-state index in [-0.39, 0.29) is 11.9 Å². The molecular formula is C17H26NO3+. The standard InChI is InChI=1S/C17H25NO3/c1-3-20-17(19)15-5-4-10-18(13-15)11-12-21-16-8-6-14(2)7-9-16/h6-9,15H,3-5,10-13H2,1-2H3/p+1/t15-/m0/s1. The molecule has 1 saturated heterocycles. The van der Waals surface area contributed by atoms with E-state index in [4.69, 9.17) is 9.47 Å². The molecule has 2 atom stereocenters. The SMILES string of the molecule is CCOC(=O)[C@H]1CCC[NH+](CCOc2ccc(C)cc2)C1. The normalized spacial score (nSPS) is 21.8. The Morgan fingerprint density at radius 2 is 2.10 bits per heavy atom. The Kier molecular flexibility index (Phi) is 6.05. The number of piperidine rings is 1. The lowest BCUT2D eigenvalue weighted by Gasteiger charge is -2.28. The van der Waals surface area contributed by atoms with Crippen molar-refractivity contribution in [2.45, 2.75) is 26.7 Å². The molecule has 1 aromatic rings. The number of likely N-dealkylation sites (tertiary alicyclic amines) is 1. The van der Waals surface area contributed by atoms with Crippen LogP contribution < -0.4 is 9.64 Å². The van der Waals surface area contributed by atoms with Crippen LogP contribution in [0.2, 0.25) is 0 Å². The number of carbonyl (C=O) groups excluding carboxylic acids is 1. The number of quaternary nitrogens is 1. The summed E-state index contributed by atoms with van der Waals surface area (Å²) < 4.78 is 10.9. The summed E-state index contributed by atoms with van der Waals surface area (Å²) in [6.07, 6.45) is 2.05. The number of rotatable bonds is 6. The highest BCUT2D eigenvalue weighted by molar-refractivity contribution is 5.72. The van der Waals surface area contributed by atoms with Crippen LogP contribution in [-0.2, 0) is 9.53 Å². The second kappa shape index (κ2) is 8.03. The number of esters is 1. The molecule has 0 aliphatic carbocycles. The van der Waals surface area contributed by atoms with Gasteiger partial charge in [0.2, 0.25) is 0 Å². The summed E-state index contributed by atoms with van der Waals surface area (Å²) in [6.45, 7) is 8.01. The quantitative estimate of drug-likeness (QED) is 0.802. The summed E-state index contributed by atoms with van der Waals surface area (Å²) in [6, 6.07) is 8.12. The molecule has 1 heterocycles. The van der Waals surface area contributed by atoms with Crippen LogP contribution in [0.15, 0.2) is 24.3 Å². The van der Waals surface area contributed by atoms with Crippen molar-refractivity contribution >= 4 is 5.97 Å². The number of carbonyl (C=O) groups is 1. The number of nitrogens with one attached hydrogen (secondary N) is 1. The van der Waals surface area contributed by atoms with Gasteiger partial charge in [-0.05, 0) is 38.8 Å². The summed E-state index contributed by atoms with van der Waals surface area (Å²) in [5.74, 6) is 0.946. The maximum absolute atomic E-state index is 11.8. The smallest absolute Gasteiger partial charge is 0.314 e. The van der Waals surface area contributed by atoms with Gasteiger partial charge in [-0.1, -0.05) is 17.7 Å². The molecule has 1 N–H and O–H groups in total. The molecule has 0 spiro atoms. The van der Waals surface area contributed by atoms with Crippen LogP contribution in [0.1, 0.15) is 25.3 Å². The second-order valence-corrected chi connectivity index (χ2v) is 5.71. The van der Waals surface area contributed by atoms with Crippen molar-refractivity contribution < 1.29 is 19.2 Å². The number of aryl methyl sites for hydroxylation is 1. The molecular weight excluding hydrogens is 266 g/mol. The molecule has 21 heavy (non-hydrogen) atoms. The number of benzene rings is 1. The van der Waals surface area contributed by atoms with Crippen molar-refractivity contribution in [1.82, 2.24) is 0 Å². The first-order chi connectivity index (χ1) is 10.2. The van der Waals surface area contributed by atoms with Gasteiger partial charge in [-0.25, -0.2) is 0 Å². The first kappa shape index (κ1) is 15.8. The van der Waals surface area contributed by atoms with E-state index >= 15 is 0 Å². The van der Waals surface area contributed by atoms with Crippen molar-refractivity contribution in [1.29, 1.82) is 0 Å². The lowest BCUT2D eigenvalue weighted by atomic mass is 9.98. The number of hydrogen-bond donors (Lipinski definition) is 1. The zero-order valence-corrected chi connectivity index (χ0v) is 13.1. The van der Waals surface area contributed by atoms with E-state index in [1.54, 1.807) is 0 Å². The van der Waals surface area contributed by atoms with E-state index in [1.165, 1.54) is 10.5 Å². The fourth-order valence-electron chi connectivity index (χ4n) is 2.79. The molecule has 0 amide bonds. The maximum Gasteiger partial charge on any atom is 0.314 e. The van der Waals surface area contributed by atoms with Crippen LogP contribution >= 0.6 is 0 Å². The Labute approximate surface area is 127 Å². The highest BCUT2D eigenvalue weighted by Crippen LogP contribution is 2.11. The van der Waals surface area contributed by atoms with Crippen molar-refractivity contribution in [3.05, 3.63) is 29.8 Å². The van der Waals surface area contributed by atoms with E-state index in [9.17, 15) is 4.79 Å². The van der Waals surface area contributed by atoms with E-state index in [2.05, 4.69) is 19.1 Å². The van der Waals surface area contributed by atoms with Gasteiger partial charge in [0.15, 0.2) is 0 Å². The molecule has 0 saturated carbocycles. The van der Waals surface area contributed by atoms with Gasteiger partial charge in [0.25, 0.3) is 0 Å². The van der Waals surface area contributed by atoms with Gasteiger partial charge in [0.1, 0.15) is 24.8 Å². The third kappa shape index (κ3) is 5.05. The zero-order chi connectivity index (χ0) is 15.1. The molecule has 4 nitrogen and oxygen atoms in total. The minimum absolute atomic E-state index is 0.0332. The average Bonchev–Trinajstić information content (AvgIpc) is 2.50. The third-order valence-corrected chi connectivity index (χ3v) is 3.98. The first-order valence-electron chi connectivity index (χ1n) is 7.88. The van der Waals surface area contributed by atoms with Gasteiger partial charge < -0.3 is 14.4 Å². The largest absolute Gasteiger partial charge is 0.488 e. The van der Waals surface area contributed by atoms with Crippen molar-refractivity contribution in [2.75, 3.05) is 32.8 Å². The first-order valence-corrected chi connectivity index (χ1v) is 7.88. The minimum atomic E-state index is -0.0332. The topological polar surface area (TPSA) is 40.0 Å². The Balaban J connectivity index is 1.72. The lowest BCUT2D eigenvalue weighted by Crippen LogP contribution is -3.14. The predicted octanol–water partition coefficient (Wildman–Crippen LogP) is 1.23. The lowest BCUT2D eigenvalue weighted by molar-refractivity contribution is -0.907. The van der Waals surface area contributed by atoms with Gasteiger partial charge in [0, 0.05) is 0 Å². The van der Waals surface area contributed by atoms with Crippen LogP contribution in [0.3, 0.4) is 0 Å². The molecule has 116 valence electrons. The van der Waals surface area contributed by atoms with Gasteiger partial charge in [-0.15, -0.1) is 0 Å². The van der Waals surface area contributed by atoms with Gasteiger partial charge in [0.05, 0.1) is 19.7 Å². The van der Waals surface area contributed by atoms with Crippen molar-refractivity contribution in [2.24, 2.45) is 5.92 Å². The van der Waals surface area contributed by atoms with Gasteiger partial charge in [-0.3, -0.25) is 4.79 Å². The van der Waals surface area contributed by atoms with Crippen molar-refractivity contribution in [3.8, 4) is 5.75 Å². The Hall–Kier alpha value is -1.55. The van der Waals surface area contributed by atoms with Gasteiger partial charge in [-0.2, -0.15) is 0 Å². The molecule has 1 unspecified atom stereocenters. The summed E-state index contributed by atoms with van der Waals surface area (Å²) in [7, 11) is 0. The monoisotopic (exact) mass is 292 g/mol. The maximum atomic E-state index is 11.8.